The molecule has 0 unspecified atom stereocenters. The van der Waals surface area contributed by atoms with E-state index in [1.54, 1.807) is 10.9 Å². The number of hydrogen-bond donors (Lipinski definition) is 0. The summed E-state index contributed by atoms with van der Waals surface area (Å²) in [5.74, 6) is -0.360. The van der Waals surface area contributed by atoms with Crippen molar-refractivity contribution in [1.82, 2.24) is 19.5 Å². The molecule has 0 bridgehead atoms. The highest BCUT2D eigenvalue weighted by atomic mass is 35.5. The summed E-state index contributed by atoms with van der Waals surface area (Å²) in [5.41, 5.74) is 1.02. The summed E-state index contributed by atoms with van der Waals surface area (Å²) in [6.45, 7) is 12.8. The Morgan fingerprint density at radius 2 is 2.07 bits per heavy atom. The summed E-state index contributed by atoms with van der Waals surface area (Å²) in [4.78, 5) is 24.1. The number of halogens is 1. The van der Waals surface area contributed by atoms with E-state index in [4.69, 9.17) is 25.5 Å². The van der Waals surface area contributed by atoms with Crippen LogP contribution in [0, 0.1) is 0 Å². The number of nitrogens with zero attached hydrogens (tertiary/aromatic N) is 4. The fourth-order valence-electron chi connectivity index (χ4n) is 2.91. The van der Waals surface area contributed by atoms with Crippen LogP contribution in [-0.4, -0.2) is 52.6 Å². The topological polar surface area (TPSA) is 88.4 Å². The Bertz CT molecular complexity index is 867. The first kappa shape index (κ1) is 21.2. The molecule has 0 spiro atoms. The zero-order chi connectivity index (χ0) is 20.7. The third kappa shape index (κ3) is 4.22. The van der Waals surface area contributed by atoms with Crippen molar-refractivity contribution in [3.8, 4) is 0 Å². The highest BCUT2D eigenvalue weighted by Crippen LogP contribution is 2.38. The molecule has 0 aromatic carbocycles. The van der Waals surface area contributed by atoms with Gasteiger partial charge in [0.15, 0.2) is 25.3 Å². The van der Waals surface area contributed by atoms with E-state index in [0.29, 0.717) is 24.2 Å². The van der Waals surface area contributed by atoms with Gasteiger partial charge in [-0.25, -0.2) is 15.0 Å². The number of fused-ring (bicyclic) bond motifs is 1. The standard InChI is InChI=1S/C18H27ClN4O4Si/c1-11(24)26-13-7-12(8-25-28(5,6)18(2,3)4)27-17(13)23-10-22-14-15(19)20-9-21-16(14)23/h9-10,12-13,17H,7-8H2,1-6H3/t12-,13+,17-/m1/s1. The Kier molecular flexibility index (Phi) is 5.82. The fourth-order valence-corrected chi connectivity index (χ4v) is 4.13. The Morgan fingerprint density at radius 1 is 1.36 bits per heavy atom. The van der Waals surface area contributed by atoms with Gasteiger partial charge >= 0.3 is 5.97 Å². The van der Waals surface area contributed by atoms with E-state index in [1.165, 1.54) is 13.3 Å². The molecule has 1 aliphatic heterocycles. The maximum absolute atomic E-state index is 11.6. The lowest BCUT2D eigenvalue weighted by molar-refractivity contribution is -0.152. The molecule has 0 N–H and O–H groups in total. The number of ether oxygens (including phenoxy) is 2. The van der Waals surface area contributed by atoms with E-state index in [0.717, 1.165) is 0 Å². The second kappa shape index (κ2) is 7.70. The summed E-state index contributed by atoms with van der Waals surface area (Å²) in [6.07, 6.45) is 2.29. The van der Waals surface area contributed by atoms with E-state index in [2.05, 4.69) is 48.8 Å². The van der Waals surface area contributed by atoms with E-state index in [9.17, 15) is 4.79 Å². The molecule has 10 heteroatoms. The smallest absolute Gasteiger partial charge is 0.303 e. The Hall–Kier alpha value is -1.55. The Labute approximate surface area is 170 Å². The predicted molar refractivity (Wildman–Crippen MR) is 108 cm³/mol. The molecule has 8 nitrogen and oxygen atoms in total. The molecule has 3 heterocycles. The zero-order valence-corrected chi connectivity index (χ0v) is 18.9. The van der Waals surface area contributed by atoms with E-state index < -0.39 is 20.6 Å². The van der Waals surface area contributed by atoms with Gasteiger partial charge in [-0.05, 0) is 18.1 Å². The van der Waals surface area contributed by atoms with Crippen LogP contribution >= 0.6 is 11.6 Å². The summed E-state index contributed by atoms with van der Waals surface area (Å²) < 4.78 is 19.8. The van der Waals surface area contributed by atoms with Gasteiger partial charge in [0.1, 0.15) is 17.9 Å². The lowest BCUT2D eigenvalue weighted by Gasteiger charge is -2.36. The maximum Gasteiger partial charge on any atom is 0.303 e. The van der Waals surface area contributed by atoms with Crippen molar-refractivity contribution < 1.29 is 18.7 Å². The van der Waals surface area contributed by atoms with E-state index in [-0.39, 0.29) is 22.3 Å². The predicted octanol–water partition coefficient (Wildman–Crippen LogP) is 3.72. The van der Waals surface area contributed by atoms with Crippen LogP contribution in [0.2, 0.25) is 23.3 Å². The molecule has 3 rings (SSSR count). The van der Waals surface area contributed by atoms with Gasteiger partial charge in [0, 0.05) is 13.3 Å². The molecule has 1 aliphatic rings. The minimum Gasteiger partial charge on any atom is -0.458 e. The SMILES string of the molecule is CC(=O)O[C@H]1C[C@H](CO[Si](C)(C)C(C)(C)C)O[C@H]1n1cnc2c(Cl)ncnc21. The van der Waals surface area contributed by atoms with Crippen LogP contribution in [0.5, 0.6) is 0 Å². The highest BCUT2D eigenvalue weighted by molar-refractivity contribution is 6.74. The van der Waals surface area contributed by atoms with Gasteiger partial charge in [-0.2, -0.15) is 0 Å². The summed E-state index contributed by atoms with van der Waals surface area (Å²) >= 11 is 6.10. The van der Waals surface area contributed by atoms with Gasteiger partial charge in [0.2, 0.25) is 0 Å². The van der Waals surface area contributed by atoms with E-state index in [1.807, 2.05) is 0 Å². The number of aromatic nitrogens is 4. The number of carbonyl (C=O) groups is 1. The van der Waals surface area contributed by atoms with Crippen LogP contribution in [0.15, 0.2) is 12.7 Å². The lowest BCUT2D eigenvalue weighted by Crippen LogP contribution is -2.42. The van der Waals surface area contributed by atoms with Gasteiger partial charge in [-0.1, -0.05) is 32.4 Å². The van der Waals surface area contributed by atoms with E-state index >= 15 is 0 Å². The molecule has 2 aromatic heterocycles. The van der Waals surface area contributed by atoms with Crippen LogP contribution < -0.4 is 0 Å². The molecular formula is C18H27ClN4O4Si. The minimum atomic E-state index is -1.91. The number of rotatable bonds is 5. The first-order valence-corrected chi connectivity index (χ1v) is 12.6. The molecule has 0 saturated carbocycles. The van der Waals surface area contributed by atoms with Crippen molar-refractivity contribution >= 4 is 37.1 Å². The molecule has 28 heavy (non-hydrogen) atoms. The molecule has 1 fully saturated rings. The Balaban J connectivity index is 1.81. The normalized spacial score (nSPS) is 23.3. The van der Waals surface area contributed by atoms with Crippen molar-refractivity contribution in [3.63, 3.8) is 0 Å². The van der Waals surface area contributed by atoms with Crippen LogP contribution in [0.4, 0.5) is 0 Å². The second-order valence-electron chi connectivity index (χ2n) is 8.59. The second-order valence-corrected chi connectivity index (χ2v) is 13.8. The lowest BCUT2D eigenvalue weighted by atomic mass is 10.2. The van der Waals surface area contributed by atoms with Gasteiger partial charge in [-0.3, -0.25) is 9.36 Å². The molecule has 0 amide bonds. The molecule has 154 valence electrons. The van der Waals surface area contributed by atoms with Crippen LogP contribution in [0.3, 0.4) is 0 Å². The minimum absolute atomic E-state index is 0.106. The first-order valence-electron chi connectivity index (χ1n) is 9.29. The van der Waals surface area contributed by atoms with Crippen LogP contribution in [0.25, 0.3) is 11.2 Å². The zero-order valence-electron chi connectivity index (χ0n) is 17.1. The van der Waals surface area contributed by atoms with Gasteiger partial charge in [0.05, 0.1) is 19.0 Å². The summed E-state index contributed by atoms with van der Waals surface area (Å²) in [6, 6.07) is 0. The van der Waals surface area contributed by atoms with Crippen molar-refractivity contribution in [2.24, 2.45) is 0 Å². The van der Waals surface area contributed by atoms with Crippen molar-refractivity contribution in [3.05, 3.63) is 17.8 Å². The summed E-state index contributed by atoms with van der Waals surface area (Å²) in [5, 5.41) is 0.373. The average molecular weight is 427 g/mol. The number of esters is 1. The molecule has 1 saturated heterocycles. The quantitative estimate of drug-likeness (QED) is 0.409. The van der Waals surface area contributed by atoms with Gasteiger partial charge in [0.25, 0.3) is 0 Å². The number of carbonyl (C=O) groups excluding carboxylic acids is 1. The first-order chi connectivity index (χ1) is 13.0. The highest BCUT2D eigenvalue weighted by Gasteiger charge is 2.42. The maximum atomic E-state index is 11.6. The third-order valence-electron chi connectivity index (χ3n) is 5.49. The molecular weight excluding hydrogens is 400 g/mol. The Morgan fingerprint density at radius 3 is 2.71 bits per heavy atom. The van der Waals surface area contributed by atoms with Crippen molar-refractivity contribution in [2.75, 3.05) is 6.61 Å². The monoisotopic (exact) mass is 426 g/mol. The van der Waals surface area contributed by atoms with Crippen LogP contribution in [-0.2, 0) is 18.7 Å². The summed E-state index contributed by atoms with van der Waals surface area (Å²) in [7, 11) is -1.91. The molecule has 2 aromatic rings. The third-order valence-corrected chi connectivity index (χ3v) is 10.3. The molecule has 3 atom stereocenters. The molecule has 0 radical (unpaired) electrons. The number of imidazole rings is 1. The van der Waals surface area contributed by atoms with Crippen molar-refractivity contribution in [2.45, 2.75) is 70.7 Å². The number of hydrogen-bond acceptors (Lipinski definition) is 7. The van der Waals surface area contributed by atoms with Crippen LogP contribution in [0.1, 0.15) is 40.3 Å². The van der Waals surface area contributed by atoms with Gasteiger partial charge in [-0.15, -0.1) is 0 Å². The average Bonchev–Trinajstić information content (AvgIpc) is 3.16. The van der Waals surface area contributed by atoms with Crippen molar-refractivity contribution in [1.29, 1.82) is 0 Å². The molecule has 0 aliphatic carbocycles. The van der Waals surface area contributed by atoms with Gasteiger partial charge < -0.3 is 13.9 Å². The fraction of sp³-hybridized carbons (Fsp3) is 0.667. The largest absolute Gasteiger partial charge is 0.458 e.